The normalized spacial score (nSPS) is 10.1. The first kappa shape index (κ1) is 12.8. The zero-order chi connectivity index (χ0) is 11.8. The van der Waals surface area contributed by atoms with E-state index in [4.69, 9.17) is 4.74 Å². The molecule has 0 bridgehead atoms. The third kappa shape index (κ3) is 4.05. The van der Waals surface area contributed by atoms with Crippen LogP contribution in [0.4, 0.5) is 0 Å². The Labute approximate surface area is 97.6 Å². The van der Waals surface area contributed by atoms with Gasteiger partial charge >= 0.3 is 0 Å². The number of benzene rings is 1. The van der Waals surface area contributed by atoms with E-state index >= 15 is 0 Å². The van der Waals surface area contributed by atoms with Crippen LogP contribution < -0.4 is 4.74 Å². The van der Waals surface area contributed by atoms with Gasteiger partial charge in [0.1, 0.15) is 5.75 Å². The molecule has 0 aromatic heterocycles. The zero-order valence-corrected chi connectivity index (χ0v) is 10.2. The van der Waals surface area contributed by atoms with Gasteiger partial charge in [-0.1, -0.05) is 32.4 Å². The van der Waals surface area contributed by atoms with Gasteiger partial charge in [-0.2, -0.15) is 0 Å². The summed E-state index contributed by atoms with van der Waals surface area (Å²) in [5.74, 6) is 1.01. The van der Waals surface area contributed by atoms with E-state index in [1.807, 2.05) is 24.3 Å². The molecule has 0 amide bonds. The number of rotatable bonds is 7. The summed E-state index contributed by atoms with van der Waals surface area (Å²) in [6.07, 6.45) is 3.62. The first-order chi connectivity index (χ1) is 7.77. The molecule has 0 unspecified atom stereocenters. The minimum atomic E-state index is 0.212. The van der Waals surface area contributed by atoms with Crippen molar-refractivity contribution in [2.45, 2.75) is 39.5 Å². The van der Waals surface area contributed by atoms with Crippen molar-refractivity contribution in [3.8, 4) is 5.75 Å². The lowest BCUT2D eigenvalue weighted by molar-refractivity contribution is 0.0979. The summed E-state index contributed by atoms with van der Waals surface area (Å²) in [4.78, 5) is 11.8. The van der Waals surface area contributed by atoms with E-state index in [0.717, 1.165) is 30.6 Å². The standard InChI is InChI=1S/C14H20O2/c1-3-5-9-14(15)12-7-6-8-13(11-12)16-10-4-2/h6-8,11H,3-5,9-10H2,1-2H3. The number of hydrogen-bond donors (Lipinski definition) is 0. The Bertz CT molecular complexity index is 331. The molecule has 0 saturated carbocycles. The van der Waals surface area contributed by atoms with Gasteiger partial charge < -0.3 is 4.74 Å². The molecule has 0 radical (unpaired) electrons. The Hall–Kier alpha value is -1.31. The fourth-order valence-electron chi connectivity index (χ4n) is 1.46. The number of Topliss-reactive ketones (excluding diaryl/α,β-unsaturated/α-hetero) is 1. The van der Waals surface area contributed by atoms with Crippen LogP contribution in [-0.2, 0) is 0 Å². The van der Waals surface area contributed by atoms with E-state index in [1.165, 1.54) is 0 Å². The summed E-state index contributed by atoms with van der Waals surface area (Å²) < 4.78 is 5.50. The molecule has 2 heteroatoms. The minimum absolute atomic E-state index is 0.212. The topological polar surface area (TPSA) is 26.3 Å². The molecule has 0 atom stereocenters. The van der Waals surface area contributed by atoms with E-state index in [2.05, 4.69) is 13.8 Å². The predicted octanol–water partition coefficient (Wildman–Crippen LogP) is 3.85. The van der Waals surface area contributed by atoms with Crippen molar-refractivity contribution < 1.29 is 9.53 Å². The first-order valence-corrected chi connectivity index (χ1v) is 6.04. The highest BCUT2D eigenvalue weighted by Crippen LogP contribution is 2.15. The number of carbonyl (C=O) groups is 1. The van der Waals surface area contributed by atoms with Crippen LogP contribution in [0.25, 0.3) is 0 Å². The lowest BCUT2D eigenvalue weighted by atomic mass is 10.1. The lowest BCUT2D eigenvalue weighted by Gasteiger charge is -2.06. The molecule has 0 aliphatic carbocycles. The molecule has 88 valence electrons. The van der Waals surface area contributed by atoms with E-state index in [1.54, 1.807) is 0 Å². The van der Waals surface area contributed by atoms with Crippen LogP contribution in [0.1, 0.15) is 49.9 Å². The van der Waals surface area contributed by atoms with Crippen molar-refractivity contribution in [1.82, 2.24) is 0 Å². The third-order valence-corrected chi connectivity index (χ3v) is 2.39. The molecule has 2 nitrogen and oxygen atoms in total. The lowest BCUT2D eigenvalue weighted by Crippen LogP contribution is -2.00. The number of unbranched alkanes of at least 4 members (excludes halogenated alkanes) is 1. The van der Waals surface area contributed by atoms with Crippen LogP contribution in [0.5, 0.6) is 5.75 Å². The van der Waals surface area contributed by atoms with Gasteiger partial charge in [0, 0.05) is 12.0 Å². The molecule has 1 aromatic carbocycles. The maximum Gasteiger partial charge on any atom is 0.163 e. The Balaban J connectivity index is 2.62. The second kappa shape index (κ2) is 7.04. The molecule has 0 aliphatic heterocycles. The number of carbonyl (C=O) groups excluding carboxylic acids is 1. The maximum atomic E-state index is 11.8. The molecular weight excluding hydrogens is 200 g/mol. The summed E-state index contributed by atoms with van der Waals surface area (Å²) in [6.45, 7) is 4.86. The molecule has 0 saturated heterocycles. The number of ether oxygens (including phenoxy) is 1. The molecule has 0 heterocycles. The molecule has 0 fully saturated rings. The van der Waals surface area contributed by atoms with Gasteiger partial charge in [0.15, 0.2) is 5.78 Å². The van der Waals surface area contributed by atoms with Gasteiger partial charge in [0.25, 0.3) is 0 Å². The smallest absolute Gasteiger partial charge is 0.163 e. The van der Waals surface area contributed by atoms with Crippen molar-refractivity contribution in [3.63, 3.8) is 0 Å². The minimum Gasteiger partial charge on any atom is -0.494 e. The summed E-state index contributed by atoms with van der Waals surface area (Å²) in [7, 11) is 0. The molecule has 1 rings (SSSR count). The number of hydrogen-bond acceptors (Lipinski definition) is 2. The van der Waals surface area contributed by atoms with E-state index < -0.39 is 0 Å². The Morgan fingerprint density at radius 3 is 2.75 bits per heavy atom. The van der Waals surface area contributed by atoms with E-state index in [9.17, 15) is 4.79 Å². The van der Waals surface area contributed by atoms with Crippen LogP contribution in [0, 0.1) is 0 Å². The monoisotopic (exact) mass is 220 g/mol. The van der Waals surface area contributed by atoms with Crippen LogP contribution >= 0.6 is 0 Å². The van der Waals surface area contributed by atoms with Crippen LogP contribution in [-0.4, -0.2) is 12.4 Å². The molecule has 1 aromatic rings. The molecule has 0 N–H and O–H groups in total. The highest BCUT2D eigenvalue weighted by molar-refractivity contribution is 5.96. The first-order valence-electron chi connectivity index (χ1n) is 6.04. The van der Waals surface area contributed by atoms with Gasteiger partial charge in [-0.05, 0) is 25.0 Å². The largest absolute Gasteiger partial charge is 0.494 e. The summed E-state index contributed by atoms with van der Waals surface area (Å²) in [5, 5.41) is 0. The van der Waals surface area contributed by atoms with Crippen LogP contribution in [0.15, 0.2) is 24.3 Å². The van der Waals surface area contributed by atoms with Crippen LogP contribution in [0.3, 0.4) is 0 Å². The number of ketones is 1. The average molecular weight is 220 g/mol. The Morgan fingerprint density at radius 1 is 1.25 bits per heavy atom. The molecular formula is C14H20O2. The molecule has 16 heavy (non-hydrogen) atoms. The van der Waals surface area contributed by atoms with E-state index in [0.29, 0.717) is 13.0 Å². The average Bonchev–Trinajstić information content (AvgIpc) is 2.33. The van der Waals surface area contributed by atoms with Crippen molar-refractivity contribution in [1.29, 1.82) is 0 Å². The third-order valence-electron chi connectivity index (χ3n) is 2.39. The van der Waals surface area contributed by atoms with Crippen molar-refractivity contribution >= 4 is 5.78 Å². The SMILES string of the molecule is CCCCC(=O)c1cccc(OCCC)c1. The molecule has 0 spiro atoms. The van der Waals surface area contributed by atoms with E-state index in [-0.39, 0.29) is 5.78 Å². The Kier molecular flexibility index (Phi) is 5.62. The van der Waals surface area contributed by atoms with Gasteiger partial charge in [0.05, 0.1) is 6.61 Å². The van der Waals surface area contributed by atoms with Gasteiger partial charge in [-0.15, -0.1) is 0 Å². The summed E-state index contributed by atoms with van der Waals surface area (Å²) in [6, 6.07) is 7.47. The van der Waals surface area contributed by atoms with Crippen molar-refractivity contribution in [2.24, 2.45) is 0 Å². The fourth-order valence-corrected chi connectivity index (χ4v) is 1.46. The maximum absolute atomic E-state index is 11.8. The predicted molar refractivity (Wildman–Crippen MR) is 66.1 cm³/mol. The zero-order valence-electron chi connectivity index (χ0n) is 10.2. The fraction of sp³-hybridized carbons (Fsp3) is 0.500. The van der Waals surface area contributed by atoms with Crippen molar-refractivity contribution in [2.75, 3.05) is 6.61 Å². The summed E-state index contributed by atoms with van der Waals surface area (Å²) >= 11 is 0. The van der Waals surface area contributed by atoms with Crippen molar-refractivity contribution in [3.05, 3.63) is 29.8 Å². The highest BCUT2D eigenvalue weighted by Gasteiger charge is 2.05. The second-order valence-electron chi connectivity index (χ2n) is 3.90. The molecule has 0 aliphatic rings. The van der Waals surface area contributed by atoms with Gasteiger partial charge in [-0.3, -0.25) is 4.79 Å². The van der Waals surface area contributed by atoms with Crippen LogP contribution in [0.2, 0.25) is 0 Å². The quantitative estimate of drug-likeness (QED) is 0.652. The Morgan fingerprint density at radius 2 is 2.06 bits per heavy atom. The second-order valence-corrected chi connectivity index (χ2v) is 3.90. The van der Waals surface area contributed by atoms with Gasteiger partial charge in [0.2, 0.25) is 0 Å². The summed E-state index contributed by atoms with van der Waals surface area (Å²) in [5.41, 5.74) is 0.766. The highest BCUT2D eigenvalue weighted by atomic mass is 16.5. The van der Waals surface area contributed by atoms with Gasteiger partial charge in [-0.25, -0.2) is 0 Å².